The highest BCUT2D eigenvalue weighted by atomic mass is 32.1. The Morgan fingerprint density at radius 3 is 2.51 bits per heavy atom. The SMILES string of the molecule is CCCc1cc(N2CCN(C3=Nc4c(csc4F)CN3c3cc(C(F)(F)F)ccc3OC)CC2)ccn1. The monoisotopic (exact) mass is 533 g/mol. The molecule has 0 saturated carbocycles. The van der Waals surface area contributed by atoms with Crippen LogP contribution in [0.3, 0.4) is 0 Å². The van der Waals surface area contributed by atoms with Gasteiger partial charge >= 0.3 is 6.18 Å². The minimum absolute atomic E-state index is 0.192. The van der Waals surface area contributed by atoms with Gasteiger partial charge in [-0.1, -0.05) is 13.3 Å². The molecule has 4 heterocycles. The number of methoxy groups -OCH3 is 1. The van der Waals surface area contributed by atoms with Crippen molar-refractivity contribution in [3.63, 3.8) is 0 Å². The molecule has 1 aromatic carbocycles. The van der Waals surface area contributed by atoms with Crippen molar-refractivity contribution in [1.29, 1.82) is 0 Å². The Balaban J connectivity index is 1.46. The van der Waals surface area contributed by atoms with Gasteiger partial charge in [0.25, 0.3) is 0 Å². The van der Waals surface area contributed by atoms with Crippen molar-refractivity contribution in [2.24, 2.45) is 4.99 Å². The van der Waals surface area contributed by atoms with E-state index in [1.54, 1.807) is 10.3 Å². The molecule has 0 aliphatic carbocycles. The number of hydrogen-bond donors (Lipinski definition) is 0. The number of alkyl halides is 3. The molecule has 0 atom stereocenters. The third-order valence-corrected chi connectivity index (χ3v) is 7.41. The van der Waals surface area contributed by atoms with E-state index >= 15 is 0 Å². The zero-order valence-electron chi connectivity index (χ0n) is 20.6. The topological polar surface area (TPSA) is 44.2 Å². The first-order chi connectivity index (χ1) is 17.8. The maximum absolute atomic E-state index is 14.5. The number of aryl methyl sites for hydroxylation is 1. The Bertz CT molecular complexity index is 1300. The van der Waals surface area contributed by atoms with Gasteiger partial charge in [0.05, 0.1) is 24.9 Å². The lowest BCUT2D eigenvalue weighted by molar-refractivity contribution is -0.137. The molecule has 2 aliphatic heterocycles. The van der Waals surface area contributed by atoms with Crippen LogP contribution in [0.1, 0.15) is 30.2 Å². The summed E-state index contributed by atoms with van der Waals surface area (Å²) in [6.07, 6.45) is -0.770. The number of piperazine rings is 1. The fourth-order valence-electron chi connectivity index (χ4n) is 4.72. The second-order valence-corrected chi connectivity index (χ2v) is 9.82. The summed E-state index contributed by atoms with van der Waals surface area (Å²) in [5.41, 5.74) is 2.48. The Labute approximate surface area is 216 Å². The minimum atomic E-state index is -4.51. The summed E-state index contributed by atoms with van der Waals surface area (Å²) in [5.74, 6) is 0.710. The van der Waals surface area contributed by atoms with Crippen molar-refractivity contribution in [1.82, 2.24) is 9.88 Å². The maximum atomic E-state index is 14.5. The number of aromatic nitrogens is 1. The third kappa shape index (κ3) is 5.09. The van der Waals surface area contributed by atoms with Crippen LogP contribution >= 0.6 is 11.3 Å². The van der Waals surface area contributed by atoms with Crippen LogP contribution in [0.5, 0.6) is 5.75 Å². The molecule has 2 aliphatic rings. The molecule has 1 fully saturated rings. The van der Waals surface area contributed by atoms with Gasteiger partial charge < -0.3 is 19.4 Å². The number of pyridine rings is 1. The Morgan fingerprint density at radius 2 is 1.81 bits per heavy atom. The zero-order valence-corrected chi connectivity index (χ0v) is 21.4. The number of benzene rings is 1. The van der Waals surface area contributed by atoms with E-state index in [4.69, 9.17) is 4.74 Å². The summed E-state index contributed by atoms with van der Waals surface area (Å²) in [7, 11) is 1.42. The molecular weight excluding hydrogens is 506 g/mol. The van der Waals surface area contributed by atoms with Crippen LogP contribution in [0.4, 0.5) is 34.6 Å². The van der Waals surface area contributed by atoms with Gasteiger partial charge in [-0.05, 0) is 36.8 Å². The van der Waals surface area contributed by atoms with Gasteiger partial charge in [-0.25, -0.2) is 4.99 Å². The van der Waals surface area contributed by atoms with E-state index in [1.165, 1.54) is 13.2 Å². The summed E-state index contributed by atoms with van der Waals surface area (Å²) in [6, 6.07) is 7.47. The third-order valence-electron chi connectivity index (χ3n) is 6.61. The summed E-state index contributed by atoms with van der Waals surface area (Å²) in [4.78, 5) is 15.0. The predicted octanol–water partition coefficient (Wildman–Crippen LogP) is 6.09. The quantitative estimate of drug-likeness (QED) is 0.372. The average molecular weight is 534 g/mol. The summed E-state index contributed by atoms with van der Waals surface area (Å²) >= 11 is 0.942. The summed E-state index contributed by atoms with van der Waals surface area (Å²) in [5, 5.41) is 1.26. The number of ether oxygens (including phenoxy) is 1. The highest BCUT2D eigenvalue weighted by molar-refractivity contribution is 7.08. The van der Waals surface area contributed by atoms with Gasteiger partial charge in [-0.2, -0.15) is 17.6 Å². The molecule has 0 N–H and O–H groups in total. The van der Waals surface area contributed by atoms with E-state index in [0.29, 0.717) is 43.5 Å². The Kier molecular flexibility index (Phi) is 6.98. The van der Waals surface area contributed by atoms with Gasteiger partial charge in [0.2, 0.25) is 11.1 Å². The highest BCUT2D eigenvalue weighted by Gasteiger charge is 2.35. The summed E-state index contributed by atoms with van der Waals surface area (Å²) in [6.45, 7) is 4.82. The van der Waals surface area contributed by atoms with E-state index < -0.39 is 16.9 Å². The van der Waals surface area contributed by atoms with E-state index in [9.17, 15) is 17.6 Å². The first kappa shape index (κ1) is 25.3. The zero-order chi connectivity index (χ0) is 26.2. The molecule has 0 radical (unpaired) electrons. The van der Waals surface area contributed by atoms with Crippen LogP contribution in [-0.4, -0.2) is 49.1 Å². The second-order valence-electron chi connectivity index (χ2n) is 9.00. The van der Waals surface area contributed by atoms with Crippen LogP contribution in [0, 0.1) is 5.13 Å². The van der Waals surface area contributed by atoms with E-state index in [0.717, 1.165) is 47.7 Å². The molecule has 0 unspecified atom stereocenters. The fourth-order valence-corrected chi connectivity index (χ4v) is 5.44. The molecule has 0 amide bonds. The number of fused-ring (bicyclic) bond motifs is 1. The van der Waals surface area contributed by atoms with Crippen molar-refractivity contribution >= 4 is 34.4 Å². The van der Waals surface area contributed by atoms with Crippen LogP contribution in [0.25, 0.3) is 0 Å². The lowest BCUT2D eigenvalue weighted by atomic mass is 10.1. The molecule has 2 aromatic heterocycles. The Morgan fingerprint density at radius 1 is 1.05 bits per heavy atom. The first-order valence-electron chi connectivity index (χ1n) is 12.1. The van der Waals surface area contributed by atoms with Crippen LogP contribution in [0.15, 0.2) is 46.9 Å². The first-order valence-corrected chi connectivity index (χ1v) is 13.0. The molecule has 3 aromatic rings. The van der Waals surface area contributed by atoms with E-state index in [2.05, 4.69) is 27.9 Å². The second kappa shape index (κ2) is 10.2. The molecule has 6 nitrogen and oxygen atoms in total. The lowest BCUT2D eigenvalue weighted by Gasteiger charge is -2.42. The highest BCUT2D eigenvalue weighted by Crippen LogP contribution is 2.41. The van der Waals surface area contributed by atoms with E-state index in [1.807, 2.05) is 17.2 Å². The fraction of sp³-hybridized carbons (Fsp3) is 0.385. The molecule has 37 heavy (non-hydrogen) atoms. The number of rotatable bonds is 5. The van der Waals surface area contributed by atoms with Crippen LogP contribution in [0.2, 0.25) is 0 Å². The van der Waals surface area contributed by atoms with Crippen LogP contribution in [-0.2, 0) is 19.1 Å². The standard InChI is InChI=1S/C26H27F4N5OS/c1-3-4-19-14-20(7-8-31-19)33-9-11-34(12-10-33)25-32-23-17(16-37-24(23)27)15-35(25)21-13-18(26(28,29)30)5-6-22(21)36-2/h5-8,13-14,16H,3-4,9-12,15H2,1-2H3. The molecule has 196 valence electrons. The van der Waals surface area contributed by atoms with Crippen molar-refractivity contribution in [2.75, 3.05) is 43.1 Å². The molecule has 0 bridgehead atoms. The Hall–Kier alpha value is -3.34. The number of nitrogens with zero attached hydrogens (tertiary/aromatic N) is 5. The van der Waals surface area contributed by atoms with Crippen LogP contribution < -0.4 is 14.5 Å². The van der Waals surface area contributed by atoms with Gasteiger partial charge in [-0.15, -0.1) is 11.3 Å². The van der Waals surface area contributed by atoms with Crippen molar-refractivity contribution in [3.05, 3.63) is 63.9 Å². The number of thiophene rings is 1. The lowest BCUT2D eigenvalue weighted by Crippen LogP contribution is -2.54. The average Bonchev–Trinajstić information content (AvgIpc) is 3.27. The summed E-state index contributed by atoms with van der Waals surface area (Å²) < 4.78 is 60.7. The van der Waals surface area contributed by atoms with Gasteiger partial charge in [-0.3, -0.25) is 4.98 Å². The number of anilines is 2. The molecular formula is C26H27F4N5OS. The van der Waals surface area contributed by atoms with Gasteiger partial charge in [0.1, 0.15) is 11.4 Å². The van der Waals surface area contributed by atoms with Crippen molar-refractivity contribution in [2.45, 2.75) is 32.5 Å². The normalized spacial score (nSPS) is 16.1. The molecule has 5 rings (SSSR count). The molecule has 11 heteroatoms. The maximum Gasteiger partial charge on any atom is 0.416 e. The number of halogens is 4. The van der Waals surface area contributed by atoms with Crippen molar-refractivity contribution < 1.29 is 22.3 Å². The molecule has 0 spiro atoms. The largest absolute Gasteiger partial charge is 0.495 e. The van der Waals surface area contributed by atoms with Gasteiger partial charge in [0.15, 0.2) is 0 Å². The predicted molar refractivity (Wildman–Crippen MR) is 138 cm³/mol. The molecule has 1 saturated heterocycles. The minimum Gasteiger partial charge on any atom is -0.495 e. The van der Waals surface area contributed by atoms with Gasteiger partial charge in [0, 0.05) is 54.7 Å². The smallest absolute Gasteiger partial charge is 0.416 e. The number of aliphatic imine (C=N–C) groups is 1. The number of hydrogen-bond acceptors (Lipinski definition) is 7. The van der Waals surface area contributed by atoms with Crippen molar-refractivity contribution in [3.8, 4) is 5.75 Å². The number of guanidine groups is 1. The van der Waals surface area contributed by atoms with E-state index in [-0.39, 0.29) is 17.9 Å².